The molecule has 5 nitrogen and oxygen atoms in total. The standard InChI is InChI=1S/C12H6ClN3O2S/c13-8-3-1-7(2-4-8)5-9-11(18)16-12(19-9)15-10(17)6-14-16/h1-6H/b9-5+. The smallest absolute Gasteiger partial charge is 0.266 e. The van der Waals surface area contributed by atoms with Crippen molar-refractivity contribution in [3.05, 3.63) is 66.3 Å². The highest BCUT2D eigenvalue weighted by atomic mass is 35.5. The van der Waals surface area contributed by atoms with Gasteiger partial charge in [0, 0.05) is 5.02 Å². The van der Waals surface area contributed by atoms with E-state index in [-0.39, 0.29) is 10.5 Å². The van der Waals surface area contributed by atoms with Gasteiger partial charge in [-0.1, -0.05) is 35.1 Å². The number of halogens is 1. The molecular weight excluding hydrogens is 286 g/mol. The van der Waals surface area contributed by atoms with Crippen molar-refractivity contribution in [3.8, 4) is 0 Å². The van der Waals surface area contributed by atoms with Crippen molar-refractivity contribution >= 4 is 34.0 Å². The van der Waals surface area contributed by atoms with Crippen molar-refractivity contribution in [3.63, 3.8) is 0 Å². The van der Waals surface area contributed by atoms with Gasteiger partial charge in [0.15, 0.2) is 0 Å². The molecule has 0 spiro atoms. The monoisotopic (exact) mass is 291 g/mol. The van der Waals surface area contributed by atoms with Gasteiger partial charge in [0.25, 0.3) is 11.1 Å². The highest BCUT2D eigenvalue weighted by Crippen LogP contribution is 2.09. The minimum absolute atomic E-state index is 0.289. The summed E-state index contributed by atoms with van der Waals surface area (Å²) < 4.78 is 1.58. The minimum Gasteiger partial charge on any atom is -0.266 e. The Morgan fingerprint density at radius 1 is 1.21 bits per heavy atom. The molecule has 0 saturated carbocycles. The number of nitrogens with zero attached hydrogens (tertiary/aromatic N) is 3. The molecule has 0 N–H and O–H groups in total. The Morgan fingerprint density at radius 3 is 2.68 bits per heavy atom. The van der Waals surface area contributed by atoms with E-state index < -0.39 is 5.56 Å². The van der Waals surface area contributed by atoms with E-state index in [4.69, 9.17) is 11.6 Å². The van der Waals surface area contributed by atoms with Crippen molar-refractivity contribution in [2.24, 2.45) is 0 Å². The Hall–Kier alpha value is -2.05. The van der Waals surface area contributed by atoms with E-state index in [9.17, 15) is 9.59 Å². The van der Waals surface area contributed by atoms with Crippen LogP contribution in [0.15, 0.2) is 40.1 Å². The fourth-order valence-electron chi connectivity index (χ4n) is 1.58. The fourth-order valence-corrected chi connectivity index (χ4v) is 2.62. The van der Waals surface area contributed by atoms with Gasteiger partial charge in [0.2, 0.25) is 4.96 Å². The normalized spacial score (nSPS) is 12.2. The van der Waals surface area contributed by atoms with Crippen molar-refractivity contribution < 1.29 is 0 Å². The second kappa shape index (κ2) is 4.56. The van der Waals surface area contributed by atoms with E-state index >= 15 is 0 Å². The fraction of sp³-hybridized carbons (Fsp3) is 0. The first-order chi connectivity index (χ1) is 9.13. The third-order valence-corrected chi connectivity index (χ3v) is 3.65. The third kappa shape index (κ3) is 2.27. The molecule has 94 valence electrons. The zero-order chi connectivity index (χ0) is 13.4. The minimum atomic E-state index is -0.459. The second-order valence-electron chi connectivity index (χ2n) is 3.76. The van der Waals surface area contributed by atoms with Gasteiger partial charge in [-0.05, 0) is 23.8 Å². The summed E-state index contributed by atoms with van der Waals surface area (Å²) in [7, 11) is 0. The molecule has 19 heavy (non-hydrogen) atoms. The summed E-state index contributed by atoms with van der Waals surface area (Å²) in [5.74, 6) is 0. The summed E-state index contributed by atoms with van der Waals surface area (Å²) in [4.78, 5) is 27.1. The first-order valence-corrected chi connectivity index (χ1v) is 6.49. The summed E-state index contributed by atoms with van der Waals surface area (Å²) in [6, 6.07) is 7.09. The van der Waals surface area contributed by atoms with E-state index in [1.54, 1.807) is 30.3 Å². The Morgan fingerprint density at radius 2 is 1.95 bits per heavy atom. The molecule has 2 heterocycles. The molecule has 0 aliphatic heterocycles. The van der Waals surface area contributed by atoms with Crippen LogP contribution in [0, 0.1) is 0 Å². The van der Waals surface area contributed by atoms with Crippen molar-refractivity contribution in [1.82, 2.24) is 14.6 Å². The molecule has 2 aromatic heterocycles. The highest BCUT2D eigenvalue weighted by molar-refractivity contribution is 7.15. The molecule has 0 bridgehead atoms. The molecule has 0 aliphatic rings. The van der Waals surface area contributed by atoms with Gasteiger partial charge in [-0.3, -0.25) is 9.59 Å². The van der Waals surface area contributed by atoms with Gasteiger partial charge in [-0.25, -0.2) is 0 Å². The number of thiazole rings is 1. The first-order valence-electron chi connectivity index (χ1n) is 5.30. The molecule has 3 rings (SSSR count). The van der Waals surface area contributed by atoms with Crippen LogP contribution in [0.2, 0.25) is 5.02 Å². The largest absolute Gasteiger partial charge is 0.292 e. The molecular formula is C12H6ClN3O2S. The van der Waals surface area contributed by atoms with E-state index in [1.165, 1.54) is 0 Å². The Labute approximate surface area is 115 Å². The molecule has 0 fully saturated rings. The van der Waals surface area contributed by atoms with E-state index in [1.807, 2.05) is 0 Å². The number of hydrogen-bond acceptors (Lipinski definition) is 5. The quantitative estimate of drug-likeness (QED) is 0.662. The van der Waals surface area contributed by atoms with Gasteiger partial charge < -0.3 is 0 Å². The van der Waals surface area contributed by atoms with Crippen LogP contribution < -0.4 is 15.7 Å². The zero-order valence-corrected chi connectivity index (χ0v) is 11.0. The van der Waals surface area contributed by atoms with Gasteiger partial charge in [-0.2, -0.15) is 14.6 Å². The topological polar surface area (TPSA) is 64.3 Å². The Kier molecular flexibility index (Phi) is 2.88. The summed E-state index contributed by atoms with van der Waals surface area (Å²) in [5.41, 5.74) is 0.0951. The third-order valence-electron chi connectivity index (χ3n) is 2.44. The molecule has 0 amide bonds. The molecule has 0 unspecified atom stereocenters. The van der Waals surface area contributed by atoms with Gasteiger partial charge in [-0.15, -0.1) is 0 Å². The van der Waals surface area contributed by atoms with E-state index in [0.717, 1.165) is 27.6 Å². The van der Waals surface area contributed by atoms with Crippen molar-refractivity contribution in [2.45, 2.75) is 0 Å². The number of rotatable bonds is 1. The molecule has 0 radical (unpaired) electrons. The molecule has 1 aromatic carbocycles. The van der Waals surface area contributed by atoms with Crippen LogP contribution in [0.25, 0.3) is 11.0 Å². The molecule has 0 saturated heterocycles. The SMILES string of the molecule is O=c1cnn2c(=O)/c(=C\c3ccc(Cl)cc3)sc2n1. The first kappa shape index (κ1) is 12.0. The maximum atomic E-state index is 12.0. The number of fused-ring (bicyclic) bond motifs is 1. The van der Waals surface area contributed by atoms with Crippen LogP contribution in [-0.4, -0.2) is 14.6 Å². The van der Waals surface area contributed by atoms with Gasteiger partial charge in [0.05, 0.1) is 4.53 Å². The average Bonchev–Trinajstić information content (AvgIpc) is 2.68. The second-order valence-corrected chi connectivity index (χ2v) is 5.20. The summed E-state index contributed by atoms with van der Waals surface area (Å²) in [6.07, 6.45) is 2.73. The van der Waals surface area contributed by atoms with Crippen LogP contribution in [0.4, 0.5) is 0 Å². The van der Waals surface area contributed by atoms with Crippen LogP contribution in [-0.2, 0) is 0 Å². The zero-order valence-electron chi connectivity index (χ0n) is 9.41. The van der Waals surface area contributed by atoms with Crippen molar-refractivity contribution in [2.75, 3.05) is 0 Å². The molecule has 0 aliphatic carbocycles. The van der Waals surface area contributed by atoms with E-state index in [2.05, 4.69) is 10.1 Å². The number of benzene rings is 1. The molecule has 0 atom stereocenters. The lowest BCUT2D eigenvalue weighted by atomic mass is 10.2. The van der Waals surface area contributed by atoms with Crippen LogP contribution in [0.5, 0.6) is 0 Å². The highest BCUT2D eigenvalue weighted by Gasteiger charge is 2.05. The predicted molar refractivity (Wildman–Crippen MR) is 73.6 cm³/mol. The van der Waals surface area contributed by atoms with Gasteiger partial charge >= 0.3 is 0 Å². The number of aromatic nitrogens is 3. The molecule has 7 heteroatoms. The lowest BCUT2D eigenvalue weighted by Gasteiger charge is -1.91. The molecule has 3 aromatic rings. The Bertz CT molecular complexity index is 915. The van der Waals surface area contributed by atoms with Gasteiger partial charge in [0.1, 0.15) is 6.20 Å². The predicted octanol–water partition coefficient (Wildman–Crippen LogP) is 0.712. The maximum absolute atomic E-state index is 12.0. The number of hydrogen-bond donors (Lipinski definition) is 0. The lowest BCUT2D eigenvalue weighted by molar-refractivity contribution is 0.866. The maximum Gasteiger partial charge on any atom is 0.292 e. The van der Waals surface area contributed by atoms with Crippen molar-refractivity contribution in [1.29, 1.82) is 0 Å². The summed E-state index contributed by atoms with van der Waals surface area (Å²) in [5, 5.41) is 4.38. The van der Waals surface area contributed by atoms with E-state index in [0.29, 0.717) is 9.55 Å². The summed E-state index contributed by atoms with van der Waals surface area (Å²) in [6.45, 7) is 0. The van der Waals surface area contributed by atoms with Crippen LogP contribution in [0.3, 0.4) is 0 Å². The van der Waals surface area contributed by atoms with Crippen LogP contribution in [0.1, 0.15) is 5.56 Å². The Balaban J connectivity index is 2.25. The lowest BCUT2D eigenvalue weighted by Crippen LogP contribution is -2.25. The van der Waals surface area contributed by atoms with Crippen LogP contribution >= 0.6 is 22.9 Å². The average molecular weight is 292 g/mol. The summed E-state index contributed by atoms with van der Waals surface area (Å²) >= 11 is 6.92.